The average Bonchev–Trinajstić information content (AvgIpc) is 2.07. The van der Waals surface area contributed by atoms with E-state index in [1.165, 1.54) is 11.8 Å². The van der Waals surface area contributed by atoms with Gasteiger partial charge in [0, 0.05) is 5.54 Å². The van der Waals surface area contributed by atoms with Gasteiger partial charge in [0.05, 0.1) is 0 Å². The maximum Gasteiger partial charge on any atom is 0.321 e. The number of rotatable bonds is 7. The molecule has 1 atom stereocenters. The minimum atomic E-state index is -3.80. The third-order valence-corrected chi connectivity index (χ3v) is 3.77. The molecule has 0 spiro atoms. The molecule has 17 heavy (non-hydrogen) atoms. The monoisotopic (exact) mass is 284 g/mol. The Labute approximate surface area is 107 Å². The fraction of sp³-hybridized carbons (Fsp3) is 0.889. The lowest BCUT2D eigenvalue weighted by Crippen LogP contribution is -2.52. The van der Waals surface area contributed by atoms with Gasteiger partial charge in [0.1, 0.15) is 6.04 Å². The summed E-state index contributed by atoms with van der Waals surface area (Å²) < 4.78 is 27.7. The van der Waals surface area contributed by atoms with Crippen LogP contribution in [0.15, 0.2) is 0 Å². The van der Waals surface area contributed by atoms with Crippen LogP contribution in [-0.4, -0.2) is 43.1 Å². The average molecular weight is 284 g/mol. The zero-order chi connectivity index (χ0) is 13.7. The number of nitrogens with one attached hydrogen (secondary N) is 2. The molecule has 3 N–H and O–H groups in total. The third-order valence-electron chi connectivity index (χ3n) is 1.65. The first kappa shape index (κ1) is 16.7. The lowest BCUT2D eigenvalue weighted by Gasteiger charge is -2.22. The normalized spacial score (nSPS) is 14.6. The van der Waals surface area contributed by atoms with Gasteiger partial charge >= 0.3 is 5.97 Å². The topological polar surface area (TPSA) is 95.5 Å². The molecule has 8 heteroatoms. The summed E-state index contributed by atoms with van der Waals surface area (Å²) >= 11 is 1.47. The molecular weight excluding hydrogens is 264 g/mol. The Morgan fingerprint density at radius 2 is 1.94 bits per heavy atom. The lowest BCUT2D eigenvalue weighted by molar-refractivity contribution is -0.139. The molecule has 6 nitrogen and oxygen atoms in total. The van der Waals surface area contributed by atoms with Gasteiger partial charge in [-0.1, -0.05) is 0 Å². The van der Waals surface area contributed by atoms with Crippen molar-refractivity contribution in [1.82, 2.24) is 9.44 Å². The molecule has 0 saturated heterocycles. The lowest BCUT2D eigenvalue weighted by atomic mass is 10.1. The van der Waals surface area contributed by atoms with Crippen molar-refractivity contribution in [2.45, 2.75) is 38.8 Å². The quantitative estimate of drug-likeness (QED) is 0.629. The van der Waals surface area contributed by atoms with Crippen LogP contribution in [0.2, 0.25) is 0 Å². The van der Waals surface area contributed by atoms with Gasteiger partial charge in [-0.05, 0) is 39.2 Å². The highest BCUT2D eigenvalue weighted by atomic mass is 32.2. The highest BCUT2D eigenvalue weighted by Crippen LogP contribution is 2.05. The van der Waals surface area contributed by atoms with Gasteiger partial charge in [-0.3, -0.25) is 4.79 Å². The molecule has 102 valence electrons. The molecule has 0 radical (unpaired) electrons. The Morgan fingerprint density at radius 1 is 1.41 bits per heavy atom. The molecule has 0 saturated carbocycles. The zero-order valence-electron chi connectivity index (χ0n) is 10.5. The number of thioether (sulfide) groups is 1. The summed E-state index contributed by atoms with van der Waals surface area (Å²) in [4.78, 5) is 10.9. The molecule has 0 unspecified atom stereocenters. The Morgan fingerprint density at radius 3 is 2.29 bits per heavy atom. The SMILES string of the molecule is CSCC[C@H](NS(=O)(=O)NC(C)(C)C)C(=O)O. The van der Waals surface area contributed by atoms with Crippen LogP contribution in [0, 0.1) is 0 Å². The third kappa shape index (κ3) is 8.42. The van der Waals surface area contributed by atoms with Gasteiger partial charge in [-0.25, -0.2) is 0 Å². The van der Waals surface area contributed by atoms with E-state index in [-0.39, 0.29) is 6.42 Å². The van der Waals surface area contributed by atoms with E-state index in [1.54, 1.807) is 20.8 Å². The van der Waals surface area contributed by atoms with E-state index in [9.17, 15) is 13.2 Å². The minimum Gasteiger partial charge on any atom is -0.480 e. The number of aliphatic carboxylic acids is 1. The van der Waals surface area contributed by atoms with Gasteiger partial charge in [0.25, 0.3) is 10.2 Å². The van der Waals surface area contributed by atoms with E-state index in [2.05, 4.69) is 9.44 Å². The second kappa shape index (κ2) is 6.58. The largest absolute Gasteiger partial charge is 0.480 e. The van der Waals surface area contributed by atoms with Crippen molar-refractivity contribution in [2.75, 3.05) is 12.0 Å². The Bertz CT molecular complexity index is 348. The van der Waals surface area contributed by atoms with Crippen LogP contribution >= 0.6 is 11.8 Å². The fourth-order valence-corrected chi connectivity index (χ4v) is 3.02. The molecule has 0 aliphatic carbocycles. The second-order valence-electron chi connectivity index (χ2n) is 4.65. The van der Waals surface area contributed by atoms with Gasteiger partial charge in [0.15, 0.2) is 0 Å². The summed E-state index contributed by atoms with van der Waals surface area (Å²) in [6.07, 6.45) is 2.09. The molecular formula is C9H20N2O4S2. The van der Waals surface area contributed by atoms with Gasteiger partial charge < -0.3 is 5.11 Å². The molecule has 0 aromatic rings. The minimum absolute atomic E-state index is 0.252. The van der Waals surface area contributed by atoms with Crippen molar-refractivity contribution in [3.63, 3.8) is 0 Å². The molecule has 0 fully saturated rings. The number of hydrogen-bond donors (Lipinski definition) is 3. The number of carboxylic acids is 1. The maximum atomic E-state index is 11.6. The van der Waals surface area contributed by atoms with Crippen molar-refractivity contribution in [1.29, 1.82) is 0 Å². The van der Waals surface area contributed by atoms with E-state index < -0.39 is 27.8 Å². The summed E-state index contributed by atoms with van der Waals surface area (Å²) in [6, 6.07) is -1.10. The van der Waals surface area contributed by atoms with Crippen molar-refractivity contribution in [3.8, 4) is 0 Å². The van der Waals surface area contributed by atoms with Crippen LogP contribution in [0.4, 0.5) is 0 Å². The van der Waals surface area contributed by atoms with Crippen molar-refractivity contribution < 1.29 is 18.3 Å². The molecule has 0 aliphatic rings. The van der Waals surface area contributed by atoms with E-state index in [0.29, 0.717) is 5.75 Å². The number of hydrogen-bond acceptors (Lipinski definition) is 4. The van der Waals surface area contributed by atoms with Crippen molar-refractivity contribution >= 4 is 27.9 Å². The highest BCUT2D eigenvalue weighted by molar-refractivity contribution is 7.98. The van der Waals surface area contributed by atoms with Gasteiger partial charge in [-0.2, -0.15) is 29.6 Å². The van der Waals surface area contributed by atoms with Crippen LogP contribution in [0.25, 0.3) is 0 Å². The maximum absolute atomic E-state index is 11.6. The van der Waals surface area contributed by atoms with E-state index >= 15 is 0 Å². The second-order valence-corrected chi connectivity index (χ2v) is 7.08. The highest BCUT2D eigenvalue weighted by Gasteiger charge is 2.26. The van der Waals surface area contributed by atoms with Crippen molar-refractivity contribution in [2.24, 2.45) is 0 Å². The summed E-state index contributed by atoms with van der Waals surface area (Å²) in [6.45, 7) is 5.05. The standard InChI is InChI=1S/C9H20N2O4S2/c1-9(2,3)11-17(14,15)10-7(8(12)13)5-6-16-4/h7,10-11H,5-6H2,1-4H3,(H,12,13)/t7-/m0/s1. The smallest absolute Gasteiger partial charge is 0.321 e. The summed E-state index contributed by atoms with van der Waals surface area (Å²) in [5.41, 5.74) is -0.644. The van der Waals surface area contributed by atoms with E-state index in [1.807, 2.05) is 6.26 Å². The van der Waals surface area contributed by atoms with Crippen LogP contribution in [0.1, 0.15) is 27.2 Å². The number of carbonyl (C=O) groups is 1. The first-order valence-corrected chi connectivity index (χ1v) is 7.98. The molecule has 0 rings (SSSR count). The predicted octanol–water partition coefficient (Wildman–Crippen LogP) is 0.415. The molecule has 0 heterocycles. The van der Waals surface area contributed by atoms with Crippen LogP contribution in [0.3, 0.4) is 0 Å². The van der Waals surface area contributed by atoms with Crippen LogP contribution in [0.5, 0.6) is 0 Å². The van der Waals surface area contributed by atoms with Crippen LogP contribution in [-0.2, 0) is 15.0 Å². The molecule has 0 aromatic heterocycles. The predicted molar refractivity (Wildman–Crippen MR) is 69.4 cm³/mol. The molecule has 0 bridgehead atoms. The number of carboxylic acid groups (broad SMARTS) is 1. The molecule has 0 amide bonds. The van der Waals surface area contributed by atoms with E-state index in [4.69, 9.17) is 5.11 Å². The Hall–Kier alpha value is -0.310. The fourth-order valence-electron chi connectivity index (χ4n) is 1.09. The first-order chi connectivity index (χ1) is 7.57. The zero-order valence-corrected chi connectivity index (χ0v) is 12.1. The summed E-state index contributed by atoms with van der Waals surface area (Å²) in [5, 5.41) is 8.90. The Balaban J connectivity index is 4.59. The first-order valence-electron chi connectivity index (χ1n) is 5.10. The van der Waals surface area contributed by atoms with E-state index in [0.717, 1.165) is 0 Å². The molecule has 0 aliphatic heterocycles. The summed E-state index contributed by atoms with van der Waals surface area (Å²) in [7, 11) is -3.80. The van der Waals surface area contributed by atoms with Crippen molar-refractivity contribution in [3.05, 3.63) is 0 Å². The van der Waals surface area contributed by atoms with Gasteiger partial charge in [-0.15, -0.1) is 0 Å². The van der Waals surface area contributed by atoms with Gasteiger partial charge in [0.2, 0.25) is 0 Å². The summed E-state index contributed by atoms with van der Waals surface area (Å²) in [5.74, 6) is -0.590. The Kier molecular flexibility index (Phi) is 6.46. The van der Waals surface area contributed by atoms with Crippen LogP contribution < -0.4 is 9.44 Å². The molecule has 0 aromatic carbocycles.